The van der Waals surface area contributed by atoms with Crippen molar-refractivity contribution in [1.82, 2.24) is 9.88 Å². The van der Waals surface area contributed by atoms with Crippen molar-refractivity contribution < 1.29 is 4.74 Å². The molecule has 22 heavy (non-hydrogen) atoms. The molecule has 0 spiro atoms. The summed E-state index contributed by atoms with van der Waals surface area (Å²) in [6.45, 7) is 8.34. The van der Waals surface area contributed by atoms with Crippen LogP contribution in [0.1, 0.15) is 44.6 Å². The minimum atomic E-state index is 0.677. The Bertz CT molecular complexity index is 609. The molecule has 1 aliphatic heterocycles. The summed E-state index contributed by atoms with van der Waals surface area (Å²) in [5, 5.41) is 1.33. The first-order valence-corrected chi connectivity index (χ1v) is 8.54. The number of aromatic nitrogens is 1. The molecule has 0 radical (unpaired) electrons. The van der Waals surface area contributed by atoms with Crippen molar-refractivity contribution in [3.8, 4) is 5.75 Å². The van der Waals surface area contributed by atoms with Gasteiger partial charge in [0, 0.05) is 17.1 Å². The zero-order valence-corrected chi connectivity index (χ0v) is 14.1. The van der Waals surface area contributed by atoms with E-state index in [0.29, 0.717) is 5.92 Å². The van der Waals surface area contributed by atoms with E-state index in [-0.39, 0.29) is 0 Å². The van der Waals surface area contributed by atoms with Gasteiger partial charge >= 0.3 is 0 Å². The molecule has 0 aliphatic carbocycles. The SMILES string of the molecule is COc1ccc2[nH]cc(C3CCN(CCC(C)C)CC3)c2c1. The van der Waals surface area contributed by atoms with Crippen molar-refractivity contribution in [2.45, 2.75) is 39.0 Å². The highest BCUT2D eigenvalue weighted by atomic mass is 16.5. The van der Waals surface area contributed by atoms with Gasteiger partial charge in [-0.25, -0.2) is 0 Å². The molecule has 3 rings (SSSR count). The molecule has 0 saturated carbocycles. The van der Waals surface area contributed by atoms with Gasteiger partial charge in [-0.3, -0.25) is 0 Å². The van der Waals surface area contributed by atoms with Crippen LogP contribution in [0.3, 0.4) is 0 Å². The number of methoxy groups -OCH3 is 1. The second-order valence-corrected chi connectivity index (χ2v) is 6.95. The highest BCUT2D eigenvalue weighted by molar-refractivity contribution is 5.85. The maximum atomic E-state index is 5.38. The summed E-state index contributed by atoms with van der Waals surface area (Å²) < 4.78 is 5.38. The van der Waals surface area contributed by atoms with Crippen LogP contribution in [0.15, 0.2) is 24.4 Å². The molecule has 0 amide bonds. The molecular formula is C19H28N2O. The fourth-order valence-electron chi connectivity index (χ4n) is 3.49. The highest BCUT2D eigenvalue weighted by Crippen LogP contribution is 2.34. The number of H-pyrrole nitrogens is 1. The van der Waals surface area contributed by atoms with Gasteiger partial charge in [0.1, 0.15) is 5.75 Å². The van der Waals surface area contributed by atoms with Gasteiger partial charge < -0.3 is 14.6 Å². The Morgan fingerprint density at radius 1 is 1.27 bits per heavy atom. The number of ether oxygens (including phenoxy) is 1. The molecule has 3 heteroatoms. The third-order valence-corrected chi connectivity index (χ3v) is 4.97. The molecule has 0 bridgehead atoms. The topological polar surface area (TPSA) is 28.3 Å². The first kappa shape index (κ1) is 15.4. The summed E-state index contributed by atoms with van der Waals surface area (Å²) in [5.41, 5.74) is 2.69. The minimum Gasteiger partial charge on any atom is -0.497 e. The van der Waals surface area contributed by atoms with Gasteiger partial charge in [-0.05, 0) is 74.5 Å². The number of likely N-dealkylation sites (tertiary alicyclic amines) is 1. The Hall–Kier alpha value is -1.48. The quantitative estimate of drug-likeness (QED) is 0.886. The molecule has 1 saturated heterocycles. The van der Waals surface area contributed by atoms with Crippen LogP contribution < -0.4 is 4.74 Å². The zero-order valence-electron chi connectivity index (χ0n) is 14.1. The summed E-state index contributed by atoms with van der Waals surface area (Å²) in [6, 6.07) is 6.32. The van der Waals surface area contributed by atoms with Crippen molar-refractivity contribution in [2.24, 2.45) is 5.92 Å². The van der Waals surface area contributed by atoms with Crippen molar-refractivity contribution in [1.29, 1.82) is 0 Å². The Labute approximate surface area is 133 Å². The van der Waals surface area contributed by atoms with Gasteiger partial charge in [-0.15, -0.1) is 0 Å². The standard InChI is InChI=1S/C19H28N2O/c1-14(2)6-9-21-10-7-15(8-11-21)18-13-20-19-5-4-16(22-3)12-17(18)19/h4-5,12-15,20H,6-11H2,1-3H3. The van der Waals surface area contributed by atoms with Crippen LogP contribution in [0.2, 0.25) is 0 Å². The first-order valence-electron chi connectivity index (χ1n) is 8.54. The van der Waals surface area contributed by atoms with Crippen LogP contribution >= 0.6 is 0 Å². The molecule has 1 aromatic carbocycles. The van der Waals surface area contributed by atoms with E-state index in [1.165, 1.54) is 55.4 Å². The smallest absolute Gasteiger partial charge is 0.119 e. The molecule has 120 valence electrons. The van der Waals surface area contributed by atoms with Gasteiger partial charge in [0.25, 0.3) is 0 Å². The van der Waals surface area contributed by atoms with Crippen LogP contribution in [0.25, 0.3) is 10.9 Å². The van der Waals surface area contributed by atoms with E-state index >= 15 is 0 Å². The van der Waals surface area contributed by atoms with Crippen molar-refractivity contribution in [3.63, 3.8) is 0 Å². The molecule has 0 atom stereocenters. The average molecular weight is 300 g/mol. The number of nitrogens with one attached hydrogen (secondary N) is 1. The molecule has 1 aromatic heterocycles. The van der Waals surface area contributed by atoms with E-state index in [1.54, 1.807) is 7.11 Å². The summed E-state index contributed by atoms with van der Waals surface area (Å²) in [6.07, 6.45) is 6.05. The Morgan fingerprint density at radius 2 is 2.05 bits per heavy atom. The number of fused-ring (bicyclic) bond motifs is 1. The Morgan fingerprint density at radius 3 is 2.73 bits per heavy atom. The van der Waals surface area contributed by atoms with Crippen LogP contribution in [-0.2, 0) is 0 Å². The summed E-state index contributed by atoms with van der Waals surface area (Å²) in [4.78, 5) is 6.05. The molecular weight excluding hydrogens is 272 g/mol. The monoisotopic (exact) mass is 300 g/mol. The summed E-state index contributed by atoms with van der Waals surface area (Å²) >= 11 is 0. The second-order valence-electron chi connectivity index (χ2n) is 6.95. The molecule has 3 nitrogen and oxygen atoms in total. The number of nitrogens with zero attached hydrogens (tertiary/aromatic N) is 1. The predicted octanol–water partition coefficient (Wildman–Crippen LogP) is 4.40. The van der Waals surface area contributed by atoms with Gasteiger partial charge in [0.2, 0.25) is 0 Å². The highest BCUT2D eigenvalue weighted by Gasteiger charge is 2.22. The lowest BCUT2D eigenvalue weighted by Crippen LogP contribution is -2.34. The van der Waals surface area contributed by atoms with Gasteiger partial charge in [0.15, 0.2) is 0 Å². The molecule has 1 fully saturated rings. The van der Waals surface area contributed by atoms with Crippen molar-refractivity contribution in [2.75, 3.05) is 26.7 Å². The zero-order chi connectivity index (χ0) is 15.5. The van der Waals surface area contributed by atoms with Gasteiger partial charge in [0.05, 0.1) is 7.11 Å². The predicted molar refractivity (Wildman–Crippen MR) is 92.7 cm³/mol. The average Bonchev–Trinajstić information content (AvgIpc) is 2.96. The molecule has 1 aliphatic rings. The van der Waals surface area contributed by atoms with E-state index in [9.17, 15) is 0 Å². The van der Waals surface area contributed by atoms with Crippen molar-refractivity contribution >= 4 is 10.9 Å². The normalized spacial score (nSPS) is 17.5. The number of aromatic amines is 1. The maximum Gasteiger partial charge on any atom is 0.119 e. The van der Waals surface area contributed by atoms with E-state index in [2.05, 4.69) is 42.1 Å². The molecule has 2 aromatic rings. The van der Waals surface area contributed by atoms with Gasteiger partial charge in [-0.2, -0.15) is 0 Å². The maximum absolute atomic E-state index is 5.38. The second kappa shape index (κ2) is 6.74. The molecule has 0 unspecified atom stereocenters. The lowest BCUT2D eigenvalue weighted by atomic mass is 9.89. The largest absolute Gasteiger partial charge is 0.497 e. The van der Waals surface area contributed by atoms with Crippen LogP contribution in [0.5, 0.6) is 5.75 Å². The van der Waals surface area contributed by atoms with E-state index in [0.717, 1.165) is 11.7 Å². The number of hydrogen-bond donors (Lipinski definition) is 1. The number of rotatable bonds is 5. The fraction of sp³-hybridized carbons (Fsp3) is 0.579. The van der Waals surface area contributed by atoms with Crippen LogP contribution in [0, 0.1) is 5.92 Å². The number of benzene rings is 1. The van der Waals surface area contributed by atoms with E-state index in [1.807, 2.05) is 6.07 Å². The Balaban J connectivity index is 1.68. The first-order chi connectivity index (χ1) is 10.7. The van der Waals surface area contributed by atoms with Crippen LogP contribution in [0.4, 0.5) is 0 Å². The number of hydrogen-bond acceptors (Lipinski definition) is 2. The van der Waals surface area contributed by atoms with Crippen molar-refractivity contribution in [3.05, 3.63) is 30.0 Å². The molecule has 1 N–H and O–H groups in total. The third kappa shape index (κ3) is 3.30. The minimum absolute atomic E-state index is 0.677. The lowest BCUT2D eigenvalue weighted by Gasteiger charge is -2.32. The van der Waals surface area contributed by atoms with Crippen LogP contribution in [-0.4, -0.2) is 36.6 Å². The third-order valence-electron chi connectivity index (χ3n) is 4.97. The lowest BCUT2D eigenvalue weighted by molar-refractivity contribution is 0.203. The summed E-state index contributed by atoms with van der Waals surface area (Å²) in [5.74, 6) is 2.43. The molecule has 2 heterocycles. The fourth-order valence-corrected chi connectivity index (χ4v) is 3.49. The summed E-state index contributed by atoms with van der Waals surface area (Å²) in [7, 11) is 1.74. The number of piperidine rings is 1. The Kier molecular flexibility index (Phi) is 4.72. The van der Waals surface area contributed by atoms with E-state index in [4.69, 9.17) is 4.74 Å². The van der Waals surface area contributed by atoms with Gasteiger partial charge in [-0.1, -0.05) is 13.8 Å². The van der Waals surface area contributed by atoms with E-state index < -0.39 is 0 Å².